The molecule has 4 nitrogen and oxygen atoms in total. The van der Waals surface area contributed by atoms with E-state index in [9.17, 15) is 9.59 Å². The van der Waals surface area contributed by atoms with Crippen LogP contribution in [0.5, 0.6) is 0 Å². The summed E-state index contributed by atoms with van der Waals surface area (Å²) in [7, 11) is 0. The lowest BCUT2D eigenvalue weighted by Crippen LogP contribution is -2.68. The minimum atomic E-state index is -2.25. The van der Waals surface area contributed by atoms with Crippen LogP contribution in [0.25, 0.3) is 0 Å². The molecule has 1 saturated carbocycles. The van der Waals surface area contributed by atoms with E-state index in [1.807, 2.05) is 0 Å². The summed E-state index contributed by atoms with van der Waals surface area (Å²) >= 11 is 29.5. The Bertz CT molecular complexity index is 408. The number of halogens is 5. The number of ketones is 2. The summed E-state index contributed by atoms with van der Waals surface area (Å²) < 4.78 is 0.713. The summed E-state index contributed by atoms with van der Waals surface area (Å²) in [6.45, 7) is 1.78. The summed E-state index contributed by atoms with van der Waals surface area (Å²) in [5, 5.41) is -1.19. The van der Waals surface area contributed by atoms with Crippen LogP contribution in [0.1, 0.15) is 0 Å². The van der Waals surface area contributed by atoms with Crippen molar-refractivity contribution >= 4 is 69.6 Å². The normalized spacial score (nSPS) is 35.4. The predicted octanol–water partition coefficient (Wildman–Crippen LogP) is 1.79. The Labute approximate surface area is 135 Å². The molecule has 0 N–H and O–H groups in total. The Morgan fingerprint density at radius 2 is 1.47 bits per heavy atom. The van der Waals surface area contributed by atoms with Crippen LogP contribution in [0.15, 0.2) is 0 Å². The van der Waals surface area contributed by atoms with E-state index in [-0.39, 0.29) is 0 Å². The molecule has 2 rings (SSSR count). The number of Topliss-reactive ketones (excluding diaryl/α,β-unsaturated/α-hetero) is 2. The highest BCUT2D eigenvalue weighted by atomic mass is 35.5. The molecule has 0 bridgehead atoms. The van der Waals surface area contributed by atoms with Gasteiger partial charge in [-0.05, 0) is 0 Å². The van der Waals surface area contributed by atoms with Crippen LogP contribution in [0.3, 0.4) is 0 Å². The van der Waals surface area contributed by atoms with Gasteiger partial charge < -0.3 is 4.74 Å². The molecule has 1 aliphatic heterocycles. The molecule has 0 unspecified atom stereocenters. The van der Waals surface area contributed by atoms with Gasteiger partial charge in [0.2, 0.25) is 8.67 Å². The molecule has 2 atom stereocenters. The third kappa shape index (κ3) is 2.50. The predicted molar refractivity (Wildman–Crippen MR) is 74.7 cm³/mol. The van der Waals surface area contributed by atoms with Gasteiger partial charge in [-0.15, -0.1) is 11.6 Å². The number of hydrogen-bond acceptors (Lipinski definition) is 4. The number of ether oxygens (including phenoxy) is 1. The fourth-order valence-electron chi connectivity index (χ4n) is 2.15. The van der Waals surface area contributed by atoms with Gasteiger partial charge in [0.15, 0.2) is 11.6 Å². The van der Waals surface area contributed by atoms with Crippen molar-refractivity contribution in [1.82, 2.24) is 4.90 Å². The largest absolute Gasteiger partial charge is 0.379 e. The van der Waals surface area contributed by atoms with Crippen LogP contribution >= 0.6 is 58.0 Å². The standard InChI is InChI=1S/C10H10Cl5NO3/c11-5-6(16-1-3-19-4-2-16)8(18)10(14,15)9(12,13)7(5)17/h5-6H,1-4H2/t5-,6-/m0/s1. The topological polar surface area (TPSA) is 46.6 Å². The summed E-state index contributed by atoms with van der Waals surface area (Å²) in [5.74, 6) is -1.43. The molecule has 1 aliphatic carbocycles. The van der Waals surface area contributed by atoms with Crippen LogP contribution in [-0.4, -0.2) is 62.9 Å². The average Bonchev–Trinajstić information content (AvgIpc) is 2.37. The zero-order valence-electron chi connectivity index (χ0n) is 9.54. The molecule has 0 amide bonds. The molecular weight excluding hydrogens is 359 g/mol. The summed E-state index contributed by atoms with van der Waals surface area (Å²) in [4.78, 5) is 26.2. The number of hydrogen-bond donors (Lipinski definition) is 0. The maximum absolute atomic E-state index is 12.4. The molecule has 108 valence electrons. The Hall–Kier alpha value is 0.710. The molecular formula is C10H10Cl5NO3. The molecule has 0 spiro atoms. The van der Waals surface area contributed by atoms with Crippen molar-refractivity contribution < 1.29 is 14.3 Å². The Morgan fingerprint density at radius 1 is 1.00 bits per heavy atom. The van der Waals surface area contributed by atoms with Crippen molar-refractivity contribution in [2.75, 3.05) is 26.3 Å². The zero-order valence-corrected chi connectivity index (χ0v) is 13.3. The Balaban J connectivity index is 2.34. The first kappa shape index (κ1) is 16.1. The van der Waals surface area contributed by atoms with Gasteiger partial charge in [0.1, 0.15) is 5.38 Å². The van der Waals surface area contributed by atoms with Crippen molar-refractivity contribution in [3.63, 3.8) is 0 Å². The van der Waals surface area contributed by atoms with Gasteiger partial charge in [-0.3, -0.25) is 14.5 Å². The highest BCUT2D eigenvalue weighted by Crippen LogP contribution is 2.50. The van der Waals surface area contributed by atoms with Crippen molar-refractivity contribution in [3.8, 4) is 0 Å². The molecule has 2 aliphatic rings. The van der Waals surface area contributed by atoms with Crippen LogP contribution in [0.2, 0.25) is 0 Å². The highest BCUT2D eigenvalue weighted by Gasteiger charge is 2.67. The second-order valence-electron chi connectivity index (χ2n) is 4.37. The Morgan fingerprint density at radius 3 is 2.00 bits per heavy atom. The van der Waals surface area contributed by atoms with Gasteiger partial charge in [-0.25, -0.2) is 0 Å². The van der Waals surface area contributed by atoms with E-state index >= 15 is 0 Å². The van der Waals surface area contributed by atoms with Crippen molar-refractivity contribution in [2.24, 2.45) is 0 Å². The quantitative estimate of drug-likeness (QED) is 0.661. The van der Waals surface area contributed by atoms with Crippen LogP contribution < -0.4 is 0 Å². The van der Waals surface area contributed by atoms with Crippen molar-refractivity contribution in [2.45, 2.75) is 20.1 Å². The number of carbonyl (C=O) groups is 2. The molecule has 1 heterocycles. The van der Waals surface area contributed by atoms with E-state index in [1.54, 1.807) is 4.90 Å². The van der Waals surface area contributed by atoms with E-state index < -0.39 is 31.7 Å². The number of carbonyl (C=O) groups excluding carboxylic acids is 2. The molecule has 0 aromatic rings. The van der Waals surface area contributed by atoms with E-state index in [1.165, 1.54) is 0 Å². The smallest absolute Gasteiger partial charge is 0.217 e. The lowest BCUT2D eigenvalue weighted by Gasteiger charge is -2.45. The summed E-state index contributed by atoms with van der Waals surface area (Å²) in [6, 6.07) is -0.946. The highest BCUT2D eigenvalue weighted by molar-refractivity contribution is 6.76. The monoisotopic (exact) mass is 367 g/mol. The van der Waals surface area contributed by atoms with E-state index in [2.05, 4.69) is 0 Å². The number of alkyl halides is 5. The average molecular weight is 369 g/mol. The third-order valence-electron chi connectivity index (χ3n) is 3.25. The second-order valence-corrected chi connectivity index (χ2v) is 7.50. The molecule has 0 aromatic carbocycles. The fourth-order valence-corrected chi connectivity index (χ4v) is 3.53. The van der Waals surface area contributed by atoms with Crippen LogP contribution in [-0.2, 0) is 14.3 Å². The second kappa shape index (κ2) is 5.48. The molecule has 1 saturated heterocycles. The van der Waals surface area contributed by atoms with E-state index in [0.717, 1.165) is 0 Å². The minimum Gasteiger partial charge on any atom is -0.379 e. The number of morpholine rings is 1. The van der Waals surface area contributed by atoms with Gasteiger partial charge in [0, 0.05) is 13.1 Å². The van der Waals surface area contributed by atoms with Crippen LogP contribution in [0.4, 0.5) is 0 Å². The minimum absolute atomic E-state index is 0.437. The molecule has 0 radical (unpaired) electrons. The van der Waals surface area contributed by atoms with Crippen LogP contribution in [0, 0.1) is 0 Å². The first-order chi connectivity index (χ1) is 8.71. The SMILES string of the molecule is O=C1[C@@H](Cl)[C@H](N2CCOCC2)C(=O)C(Cl)(Cl)C1(Cl)Cl. The fraction of sp³-hybridized carbons (Fsp3) is 0.800. The molecule has 0 aromatic heterocycles. The zero-order chi connectivity index (χ0) is 14.4. The van der Waals surface area contributed by atoms with Gasteiger partial charge in [0.25, 0.3) is 0 Å². The van der Waals surface area contributed by atoms with Crippen molar-refractivity contribution in [1.29, 1.82) is 0 Å². The lowest BCUT2D eigenvalue weighted by molar-refractivity contribution is -0.136. The summed E-state index contributed by atoms with van der Waals surface area (Å²) in [5.41, 5.74) is 0. The first-order valence-electron chi connectivity index (χ1n) is 5.51. The molecule has 9 heteroatoms. The maximum atomic E-state index is 12.4. The van der Waals surface area contributed by atoms with Gasteiger partial charge >= 0.3 is 0 Å². The molecule has 2 fully saturated rings. The first-order valence-corrected chi connectivity index (χ1v) is 7.46. The van der Waals surface area contributed by atoms with Gasteiger partial charge in [-0.1, -0.05) is 46.4 Å². The third-order valence-corrected chi connectivity index (χ3v) is 5.95. The lowest BCUT2D eigenvalue weighted by atomic mass is 9.89. The Kier molecular flexibility index (Phi) is 4.64. The number of nitrogens with zero attached hydrogens (tertiary/aromatic N) is 1. The summed E-state index contributed by atoms with van der Waals surface area (Å²) in [6.07, 6.45) is 0. The number of rotatable bonds is 1. The van der Waals surface area contributed by atoms with E-state index in [0.29, 0.717) is 26.3 Å². The van der Waals surface area contributed by atoms with E-state index in [4.69, 9.17) is 62.7 Å². The molecule has 19 heavy (non-hydrogen) atoms. The van der Waals surface area contributed by atoms with Gasteiger partial charge in [-0.2, -0.15) is 0 Å². The maximum Gasteiger partial charge on any atom is 0.217 e. The van der Waals surface area contributed by atoms with Gasteiger partial charge in [0.05, 0.1) is 19.3 Å². The van der Waals surface area contributed by atoms with Crippen molar-refractivity contribution in [3.05, 3.63) is 0 Å².